The maximum Gasteiger partial charge on any atom is 0.311 e. The zero-order valence-electron chi connectivity index (χ0n) is 15.0. The fourth-order valence-corrected chi connectivity index (χ4v) is 4.76. The van der Waals surface area contributed by atoms with E-state index >= 15 is 0 Å². The molecule has 1 aromatic rings. The third-order valence-electron chi connectivity index (χ3n) is 6.19. The predicted molar refractivity (Wildman–Crippen MR) is 95.8 cm³/mol. The highest BCUT2D eigenvalue weighted by atomic mass is 16.6. The number of H-pyrrole nitrogens is 1. The first-order valence-electron chi connectivity index (χ1n) is 9.35. The molecule has 134 valence electrons. The number of imidazole rings is 1. The van der Waals surface area contributed by atoms with Gasteiger partial charge in [0.2, 0.25) is 0 Å². The molecule has 2 heterocycles. The van der Waals surface area contributed by atoms with Gasteiger partial charge in [-0.2, -0.15) is 0 Å². The summed E-state index contributed by atoms with van der Waals surface area (Å²) in [5, 5.41) is 3.43. The number of aromatic nitrogens is 2. The van der Waals surface area contributed by atoms with E-state index < -0.39 is 0 Å². The fourth-order valence-electron chi connectivity index (χ4n) is 4.76. The minimum Gasteiger partial charge on any atom is -0.461 e. The fraction of sp³-hybridized carbons (Fsp3) is 0.600. The summed E-state index contributed by atoms with van der Waals surface area (Å²) >= 11 is 0. The highest BCUT2D eigenvalue weighted by molar-refractivity contribution is 5.76. The second-order valence-electron chi connectivity index (χ2n) is 7.96. The molecule has 1 fully saturated rings. The topological polar surface area (TPSA) is 67.0 Å². The minimum atomic E-state index is -0.0708. The van der Waals surface area contributed by atoms with E-state index in [4.69, 9.17) is 4.74 Å². The van der Waals surface area contributed by atoms with E-state index in [-0.39, 0.29) is 29.3 Å². The van der Waals surface area contributed by atoms with Crippen LogP contribution in [0, 0.1) is 17.3 Å². The van der Waals surface area contributed by atoms with Gasteiger partial charge in [0, 0.05) is 37.3 Å². The Kier molecular flexibility index (Phi) is 4.28. The highest BCUT2D eigenvalue weighted by Gasteiger charge is 2.50. The van der Waals surface area contributed by atoms with Crippen molar-refractivity contribution >= 4 is 5.97 Å². The summed E-state index contributed by atoms with van der Waals surface area (Å²) in [7, 11) is 0. The van der Waals surface area contributed by atoms with E-state index in [1.807, 2.05) is 6.20 Å². The van der Waals surface area contributed by atoms with Crippen molar-refractivity contribution in [3.05, 3.63) is 41.5 Å². The Labute approximate surface area is 148 Å². The molecule has 4 rings (SSSR count). The molecule has 25 heavy (non-hydrogen) atoms. The van der Waals surface area contributed by atoms with Crippen LogP contribution in [0.2, 0.25) is 0 Å². The van der Waals surface area contributed by atoms with E-state index in [9.17, 15) is 4.79 Å². The van der Waals surface area contributed by atoms with Crippen molar-refractivity contribution in [2.45, 2.75) is 45.6 Å². The largest absolute Gasteiger partial charge is 0.461 e. The lowest BCUT2D eigenvalue weighted by Crippen LogP contribution is -2.38. The van der Waals surface area contributed by atoms with Crippen molar-refractivity contribution < 1.29 is 9.53 Å². The third-order valence-corrected chi connectivity index (χ3v) is 6.19. The number of rotatable bonds is 5. The van der Waals surface area contributed by atoms with Crippen LogP contribution in [0.5, 0.6) is 0 Å². The van der Waals surface area contributed by atoms with Crippen LogP contribution in [0.25, 0.3) is 0 Å². The van der Waals surface area contributed by atoms with Gasteiger partial charge >= 0.3 is 5.97 Å². The number of nitrogens with zero attached hydrogens (tertiary/aromatic N) is 1. The summed E-state index contributed by atoms with van der Waals surface area (Å²) in [6.07, 6.45) is 12.4. The summed E-state index contributed by atoms with van der Waals surface area (Å²) in [5.41, 5.74) is 4.11. The molecule has 1 saturated heterocycles. The Morgan fingerprint density at radius 1 is 1.48 bits per heavy atom. The number of carbonyl (C=O) groups excluding carboxylic acids is 1. The van der Waals surface area contributed by atoms with Gasteiger partial charge in [-0.1, -0.05) is 24.6 Å². The standard InChI is InChI=1S/C20H27N3O2/c1-13-4-3-6-20(2)9-18-15(8-17(13)20)16(19(24)25-18)11-21-7-5-14-10-22-12-23-14/h4,8,10,12,15-16,18,21H,3,5-7,9,11H2,1-2H3,(H,22,23). The molecule has 0 amide bonds. The molecule has 5 heteroatoms. The first-order valence-corrected chi connectivity index (χ1v) is 9.35. The van der Waals surface area contributed by atoms with Gasteiger partial charge in [0.05, 0.1) is 12.2 Å². The van der Waals surface area contributed by atoms with Crippen LogP contribution in [-0.2, 0) is 16.0 Å². The molecule has 1 aliphatic heterocycles. The zero-order chi connectivity index (χ0) is 17.4. The first-order chi connectivity index (χ1) is 12.1. The number of fused-ring (bicyclic) bond motifs is 2. The normalized spacial score (nSPS) is 34.0. The van der Waals surface area contributed by atoms with Gasteiger partial charge in [0.15, 0.2) is 0 Å². The number of allylic oxidation sites excluding steroid dienone is 3. The molecule has 0 spiro atoms. The number of ether oxygens (including phenoxy) is 1. The van der Waals surface area contributed by atoms with Crippen LogP contribution in [-0.4, -0.2) is 35.1 Å². The van der Waals surface area contributed by atoms with Crippen LogP contribution in [0.4, 0.5) is 0 Å². The van der Waals surface area contributed by atoms with Gasteiger partial charge in [-0.15, -0.1) is 0 Å². The lowest BCUT2D eigenvalue weighted by molar-refractivity contribution is -0.145. The molecule has 0 radical (unpaired) electrons. The van der Waals surface area contributed by atoms with Crippen molar-refractivity contribution in [1.29, 1.82) is 0 Å². The SMILES string of the molecule is CC1=CCCC2(C)CC3OC(=O)C(CNCCc4cnc[nH]4)C3C=C12. The van der Waals surface area contributed by atoms with Crippen LogP contribution in [0.1, 0.15) is 38.8 Å². The number of nitrogens with one attached hydrogen (secondary N) is 2. The van der Waals surface area contributed by atoms with Crippen molar-refractivity contribution in [2.24, 2.45) is 17.3 Å². The second kappa shape index (κ2) is 6.45. The van der Waals surface area contributed by atoms with Crippen molar-refractivity contribution in [2.75, 3.05) is 13.1 Å². The molecule has 4 atom stereocenters. The maximum absolute atomic E-state index is 12.4. The van der Waals surface area contributed by atoms with Crippen LogP contribution >= 0.6 is 0 Å². The Bertz CT molecular complexity index is 707. The monoisotopic (exact) mass is 341 g/mol. The Morgan fingerprint density at radius 3 is 3.16 bits per heavy atom. The molecular weight excluding hydrogens is 314 g/mol. The van der Waals surface area contributed by atoms with Crippen molar-refractivity contribution in [3.63, 3.8) is 0 Å². The van der Waals surface area contributed by atoms with Crippen LogP contribution in [0.15, 0.2) is 35.8 Å². The zero-order valence-corrected chi connectivity index (χ0v) is 15.0. The average molecular weight is 341 g/mol. The lowest BCUT2D eigenvalue weighted by Gasteiger charge is -2.42. The number of aromatic amines is 1. The molecule has 3 aliphatic rings. The summed E-state index contributed by atoms with van der Waals surface area (Å²) in [5.74, 6) is 0.0972. The van der Waals surface area contributed by atoms with Gasteiger partial charge in [0.1, 0.15) is 6.10 Å². The number of esters is 1. The third kappa shape index (κ3) is 3.06. The average Bonchev–Trinajstić information content (AvgIpc) is 3.17. The molecule has 1 aromatic heterocycles. The predicted octanol–water partition coefficient (Wildman–Crippen LogP) is 2.78. The molecule has 4 unspecified atom stereocenters. The summed E-state index contributed by atoms with van der Waals surface area (Å²) in [4.78, 5) is 19.6. The lowest BCUT2D eigenvalue weighted by atomic mass is 9.62. The van der Waals surface area contributed by atoms with E-state index in [0.29, 0.717) is 6.54 Å². The highest BCUT2D eigenvalue weighted by Crippen LogP contribution is 2.52. The molecule has 2 aliphatic carbocycles. The van der Waals surface area contributed by atoms with Crippen LogP contribution in [0.3, 0.4) is 0 Å². The maximum atomic E-state index is 12.4. The summed E-state index contributed by atoms with van der Waals surface area (Å²) < 4.78 is 5.77. The van der Waals surface area contributed by atoms with E-state index in [2.05, 4.69) is 41.3 Å². The molecule has 5 nitrogen and oxygen atoms in total. The van der Waals surface area contributed by atoms with Gasteiger partial charge in [-0.05, 0) is 37.2 Å². The Balaban J connectivity index is 1.43. The van der Waals surface area contributed by atoms with Gasteiger partial charge in [-0.3, -0.25) is 4.79 Å². The smallest absolute Gasteiger partial charge is 0.311 e. The molecule has 0 aromatic carbocycles. The van der Waals surface area contributed by atoms with Crippen LogP contribution < -0.4 is 5.32 Å². The van der Waals surface area contributed by atoms with E-state index in [1.165, 1.54) is 11.1 Å². The molecule has 0 saturated carbocycles. The number of hydrogen-bond acceptors (Lipinski definition) is 4. The van der Waals surface area contributed by atoms with Gasteiger partial charge in [0.25, 0.3) is 0 Å². The second-order valence-corrected chi connectivity index (χ2v) is 7.96. The van der Waals surface area contributed by atoms with E-state index in [0.717, 1.165) is 37.9 Å². The Morgan fingerprint density at radius 2 is 2.36 bits per heavy atom. The van der Waals surface area contributed by atoms with Gasteiger partial charge < -0.3 is 15.0 Å². The molecule has 2 N–H and O–H groups in total. The summed E-state index contributed by atoms with van der Waals surface area (Å²) in [6, 6.07) is 0. The van der Waals surface area contributed by atoms with E-state index in [1.54, 1.807) is 6.33 Å². The quantitative estimate of drug-likeness (QED) is 0.638. The number of carbonyl (C=O) groups is 1. The number of hydrogen-bond donors (Lipinski definition) is 2. The van der Waals surface area contributed by atoms with Crippen molar-refractivity contribution in [3.8, 4) is 0 Å². The van der Waals surface area contributed by atoms with Crippen molar-refractivity contribution in [1.82, 2.24) is 15.3 Å². The molecular formula is C20H27N3O2. The van der Waals surface area contributed by atoms with Gasteiger partial charge in [-0.25, -0.2) is 4.98 Å². The Hall–Kier alpha value is -1.88. The first kappa shape index (κ1) is 16.6. The molecule has 0 bridgehead atoms. The summed E-state index contributed by atoms with van der Waals surface area (Å²) in [6.45, 7) is 6.04. The minimum absolute atomic E-state index is 0.0373.